The SMILES string of the molecule is COc1ccc(CC(=O)NC(=S)Nc2cccc(C(=O)Nc3cccc(C(F)(F)F)c3)c2)cc1. The second kappa shape index (κ2) is 10.8. The average molecular weight is 488 g/mol. The molecule has 6 nitrogen and oxygen atoms in total. The first kappa shape index (κ1) is 24.7. The third kappa shape index (κ3) is 7.04. The van der Waals surface area contributed by atoms with E-state index in [1.165, 1.54) is 24.3 Å². The lowest BCUT2D eigenvalue weighted by molar-refractivity contribution is -0.137. The molecule has 176 valence electrons. The van der Waals surface area contributed by atoms with E-state index in [1.54, 1.807) is 43.5 Å². The van der Waals surface area contributed by atoms with E-state index in [1.807, 2.05) is 0 Å². The van der Waals surface area contributed by atoms with E-state index in [-0.39, 0.29) is 28.7 Å². The fourth-order valence-electron chi connectivity index (χ4n) is 2.98. The maximum absolute atomic E-state index is 12.9. The van der Waals surface area contributed by atoms with Gasteiger partial charge in [-0.2, -0.15) is 13.2 Å². The van der Waals surface area contributed by atoms with Crippen LogP contribution in [0.3, 0.4) is 0 Å². The topological polar surface area (TPSA) is 79.5 Å². The molecule has 0 aliphatic carbocycles. The van der Waals surface area contributed by atoms with Crippen LogP contribution < -0.4 is 20.7 Å². The number of methoxy groups -OCH3 is 1. The van der Waals surface area contributed by atoms with Gasteiger partial charge in [-0.25, -0.2) is 0 Å². The molecule has 0 fully saturated rings. The summed E-state index contributed by atoms with van der Waals surface area (Å²) in [5.41, 5.74) is 0.534. The summed E-state index contributed by atoms with van der Waals surface area (Å²) in [6.45, 7) is 0. The molecular formula is C24H20F3N3O3S. The first-order chi connectivity index (χ1) is 16.1. The lowest BCUT2D eigenvalue weighted by atomic mass is 10.1. The number of alkyl halides is 3. The number of nitrogens with one attached hydrogen (secondary N) is 3. The Labute approximate surface area is 199 Å². The van der Waals surface area contributed by atoms with E-state index in [9.17, 15) is 22.8 Å². The standard InChI is InChI=1S/C24H20F3N3O3S/c1-33-20-10-8-15(9-11-20)12-21(31)30-23(34)29-18-6-2-4-16(13-18)22(32)28-19-7-3-5-17(14-19)24(25,26)27/h2-11,13-14H,12H2,1H3,(H,28,32)(H2,29,30,31,34). The summed E-state index contributed by atoms with van der Waals surface area (Å²) in [4.78, 5) is 24.7. The molecule has 0 aromatic heterocycles. The van der Waals surface area contributed by atoms with E-state index in [0.717, 1.165) is 17.7 Å². The van der Waals surface area contributed by atoms with Crippen molar-refractivity contribution < 1.29 is 27.5 Å². The summed E-state index contributed by atoms with van der Waals surface area (Å²) in [7, 11) is 1.55. The fourth-order valence-corrected chi connectivity index (χ4v) is 3.21. The molecule has 0 spiro atoms. The van der Waals surface area contributed by atoms with Crippen LogP contribution >= 0.6 is 12.2 Å². The van der Waals surface area contributed by atoms with Crippen LogP contribution in [0.2, 0.25) is 0 Å². The van der Waals surface area contributed by atoms with Gasteiger partial charge in [0.25, 0.3) is 5.91 Å². The number of anilines is 2. The minimum Gasteiger partial charge on any atom is -0.497 e. The van der Waals surface area contributed by atoms with Crippen molar-refractivity contribution in [2.75, 3.05) is 17.7 Å². The smallest absolute Gasteiger partial charge is 0.416 e. The lowest BCUT2D eigenvalue weighted by Crippen LogP contribution is -2.35. The molecule has 0 heterocycles. The summed E-state index contributed by atoms with van der Waals surface area (Å²) in [6, 6.07) is 17.5. The number of benzene rings is 3. The van der Waals surface area contributed by atoms with Crippen molar-refractivity contribution in [1.29, 1.82) is 0 Å². The highest BCUT2D eigenvalue weighted by Crippen LogP contribution is 2.30. The molecule has 3 aromatic rings. The maximum atomic E-state index is 12.9. The zero-order chi connectivity index (χ0) is 24.7. The summed E-state index contributed by atoms with van der Waals surface area (Å²) in [6.07, 6.45) is -4.41. The van der Waals surface area contributed by atoms with E-state index in [0.29, 0.717) is 11.4 Å². The first-order valence-electron chi connectivity index (χ1n) is 9.96. The van der Waals surface area contributed by atoms with Crippen molar-refractivity contribution in [3.8, 4) is 5.75 Å². The van der Waals surface area contributed by atoms with Crippen molar-refractivity contribution in [3.63, 3.8) is 0 Å². The normalized spacial score (nSPS) is 10.8. The van der Waals surface area contributed by atoms with Gasteiger partial charge in [0.1, 0.15) is 5.75 Å². The van der Waals surface area contributed by atoms with E-state index in [4.69, 9.17) is 17.0 Å². The molecule has 0 saturated carbocycles. The number of rotatable bonds is 6. The zero-order valence-electron chi connectivity index (χ0n) is 17.9. The van der Waals surface area contributed by atoms with Gasteiger partial charge in [-0.3, -0.25) is 9.59 Å². The number of carbonyl (C=O) groups excluding carboxylic acids is 2. The highest BCUT2D eigenvalue weighted by atomic mass is 32.1. The largest absolute Gasteiger partial charge is 0.497 e. The monoisotopic (exact) mass is 487 g/mol. The number of halogens is 3. The Morgan fingerprint density at radius 3 is 2.21 bits per heavy atom. The van der Waals surface area contributed by atoms with E-state index in [2.05, 4.69) is 16.0 Å². The third-order valence-corrected chi connectivity index (χ3v) is 4.81. The second-order valence-electron chi connectivity index (χ2n) is 7.14. The molecule has 0 aliphatic heterocycles. The summed E-state index contributed by atoms with van der Waals surface area (Å²) < 4.78 is 43.7. The second-order valence-corrected chi connectivity index (χ2v) is 7.55. The molecule has 0 saturated heterocycles. The first-order valence-corrected chi connectivity index (χ1v) is 10.4. The number of carbonyl (C=O) groups is 2. The molecule has 2 amide bonds. The highest BCUT2D eigenvalue weighted by molar-refractivity contribution is 7.80. The Bertz CT molecular complexity index is 1200. The van der Waals surface area contributed by atoms with Crippen molar-refractivity contribution >= 4 is 40.5 Å². The van der Waals surface area contributed by atoms with Gasteiger partial charge < -0.3 is 20.7 Å². The van der Waals surface area contributed by atoms with Gasteiger partial charge in [-0.15, -0.1) is 0 Å². The Kier molecular flexibility index (Phi) is 7.85. The van der Waals surface area contributed by atoms with Crippen molar-refractivity contribution in [2.45, 2.75) is 12.6 Å². The number of hydrogen-bond acceptors (Lipinski definition) is 4. The maximum Gasteiger partial charge on any atom is 0.416 e. The lowest BCUT2D eigenvalue weighted by Gasteiger charge is -2.12. The van der Waals surface area contributed by atoms with Crippen molar-refractivity contribution in [2.24, 2.45) is 0 Å². The minimum absolute atomic E-state index is 0.0134. The van der Waals surface area contributed by atoms with Crippen molar-refractivity contribution in [3.05, 3.63) is 89.5 Å². The average Bonchev–Trinajstić information content (AvgIpc) is 2.79. The number of amides is 2. The molecule has 0 radical (unpaired) electrons. The molecule has 10 heteroatoms. The molecule has 0 unspecified atom stereocenters. The molecule has 0 atom stereocenters. The van der Waals surface area contributed by atoms with E-state index >= 15 is 0 Å². The van der Waals surface area contributed by atoms with Crippen LogP contribution in [0.1, 0.15) is 21.5 Å². The molecule has 3 N–H and O–H groups in total. The van der Waals surface area contributed by atoms with Crippen LogP contribution in [0.25, 0.3) is 0 Å². The van der Waals surface area contributed by atoms with Gasteiger partial charge in [-0.1, -0.05) is 24.3 Å². The Morgan fingerprint density at radius 1 is 0.912 bits per heavy atom. The quantitative estimate of drug-likeness (QED) is 0.426. The predicted octanol–water partition coefficient (Wildman–Crippen LogP) is 5.02. The van der Waals surface area contributed by atoms with Crippen LogP contribution in [0, 0.1) is 0 Å². The third-order valence-electron chi connectivity index (χ3n) is 4.61. The minimum atomic E-state index is -4.52. The molecule has 0 bridgehead atoms. The van der Waals surface area contributed by atoms with E-state index < -0.39 is 17.6 Å². The number of ether oxygens (including phenoxy) is 1. The zero-order valence-corrected chi connectivity index (χ0v) is 18.7. The fraction of sp³-hybridized carbons (Fsp3) is 0.125. The van der Waals surface area contributed by atoms with Crippen LogP contribution in [0.5, 0.6) is 5.75 Å². The van der Waals surface area contributed by atoms with Crippen LogP contribution in [0.4, 0.5) is 24.5 Å². The summed E-state index contributed by atoms with van der Waals surface area (Å²) in [5, 5.41) is 7.85. The number of thiocarbonyl (C=S) groups is 1. The van der Waals surface area contributed by atoms with Gasteiger partial charge >= 0.3 is 6.18 Å². The highest BCUT2D eigenvalue weighted by Gasteiger charge is 2.30. The van der Waals surface area contributed by atoms with Gasteiger partial charge in [0, 0.05) is 16.9 Å². The van der Waals surface area contributed by atoms with Crippen molar-refractivity contribution in [1.82, 2.24) is 5.32 Å². The molecule has 34 heavy (non-hydrogen) atoms. The number of hydrogen-bond donors (Lipinski definition) is 3. The van der Waals surface area contributed by atoms with Gasteiger partial charge in [0.15, 0.2) is 5.11 Å². The Balaban J connectivity index is 1.58. The Hall–Kier alpha value is -3.92. The Morgan fingerprint density at radius 2 is 1.56 bits per heavy atom. The van der Waals surface area contributed by atoms with Crippen LogP contribution in [-0.4, -0.2) is 24.0 Å². The molecule has 0 aliphatic rings. The van der Waals surface area contributed by atoms with Gasteiger partial charge in [0.2, 0.25) is 5.91 Å². The predicted molar refractivity (Wildman–Crippen MR) is 127 cm³/mol. The van der Waals surface area contributed by atoms with Crippen LogP contribution in [0.15, 0.2) is 72.8 Å². The molecule has 3 aromatic carbocycles. The molecule has 3 rings (SSSR count). The van der Waals surface area contributed by atoms with Gasteiger partial charge in [-0.05, 0) is 66.3 Å². The van der Waals surface area contributed by atoms with Gasteiger partial charge in [0.05, 0.1) is 19.1 Å². The molecular weight excluding hydrogens is 467 g/mol. The van der Waals surface area contributed by atoms with Crippen LogP contribution in [-0.2, 0) is 17.4 Å². The summed E-state index contributed by atoms with van der Waals surface area (Å²) in [5.74, 6) is -0.253. The summed E-state index contributed by atoms with van der Waals surface area (Å²) >= 11 is 5.16.